The SMILES string of the molecule is Cc1cc([N+](=O)[O-])ccc1C(=O)Nc1cccc(Cl)c1Br. The summed E-state index contributed by atoms with van der Waals surface area (Å²) in [7, 11) is 0. The number of nitrogens with zero attached hydrogens (tertiary/aromatic N) is 1. The Kier molecular flexibility index (Phi) is 4.59. The summed E-state index contributed by atoms with van der Waals surface area (Å²) in [5, 5.41) is 13.9. The summed E-state index contributed by atoms with van der Waals surface area (Å²) in [6, 6.07) is 9.20. The third-order valence-electron chi connectivity index (χ3n) is 2.87. The highest BCUT2D eigenvalue weighted by molar-refractivity contribution is 9.10. The van der Waals surface area contributed by atoms with Gasteiger partial charge in [0.05, 0.1) is 20.1 Å². The Hall–Kier alpha value is -1.92. The number of hydrogen-bond acceptors (Lipinski definition) is 3. The van der Waals surface area contributed by atoms with Crippen molar-refractivity contribution >= 4 is 44.8 Å². The number of non-ortho nitro benzene ring substituents is 1. The molecule has 0 atom stereocenters. The first kappa shape index (κ1) is 15.5. The maximum atomic E-state index is 12.2. The highest BCUT2D eigenvalue weighted by atomic mass is 79.9. The van der Waals surface area contributed by atoms with Crippen molar-refractivity contribution < 1.29 is 9.72 Å². The molecule has 0 saturated carbocycles. The van der Waals surface area contributed by atoms with Crippen molar-refractivity contribution in [1.29, 1.82) is 0 Å². The topological polar surface area (TPSA) is 72.2 Å². The molecule has 0 fully saturated rings. The lowest BCUT2D eigenvalue weighted by Crippen LogP contribution is -2.14. The number of carbonyl (C=O) groups is 1. The van der Waals surface area contributed by atoms with Crippen LogP contribution in [0, 0.1) is 17.0 Å². The summed E-state index contributed by atoms with van der Waals surface area (Å²) in [6.45, 7) is 1.65. The van der Waals surface area contributed by atoms with Crippen molar-refractivity contribution in [3.8, 4) is 0 Å². The minimum atomic E-state index is -0.498. The Balaban J connectivity index is 2.29. The fourth-order valence-corrected chi connectivity index (χ4v) is 2.34. The number of anilines is 1. The van der Waals surface area contributed by atoms with E-state index in [1.165, 1.54) is 18.2 Å². The smallest absolute Gasteiger partial charge is 0.269 e. The second-order valence-electron chi connectivity index (χ2n) is 4.31. The fraction of sp³-hybridized carbons (Fsp3) is 0.0714. The molecule has 0 aliphatic carbocycles. The first-order chi connectivity index (χ1) is 9.90. The second-order valence-corrected chi connectivity index (χ2v) is 5.51. The first-order valence-corrected chi connectivity index (χ1v) is 7.07. The van der Waals surface area contributed by atoms with E-state index < -0.39 is 4.92 Å². The predicted octanol–water partition coefficient (Wildman–Crippen LogP) is 4.57. The van der Waals surface area contributed by atoms with Gasteiger partial charge in [-0.2, -0.15) is 0 Å². The molecule has 108 valence electrons. The molecule has 0 aromatic heterocycles. The van der Waals surface area contributed by atoms with E-state index in [9.17, 15) is 14.9 Å². The molecule has 1 N–H and O–H groups in total. The van der Waals surface area contributed by atoms with Crippen molar-refractivity contribution in [2.45, 2.75) is 6.92 Å². The van der Waals surface area contributed by atoms with Crippen molar-refractivity contribution in [1.82, 2.24) is 0 Å². The molecule has 0 radical (unpaired) electrons. The summed E-state index contributed by atoms with van der Waals surface area (Å²) >= 11 is 9.25. The normalized spacial score (nSPS) is 10.2. The molecular formula is C14H10BrClN2O3. The van der Waals surface area contributed by atoms with Crippen molar-refractivity contribution in [3.63, 3.8) is 0 Å². The van der Waals surface area contributed by atoms with E-state index in [1.54, 1.807) is 25.1 Å². The van der Waals surface area contributed by atoms with Gasteiger partial charge in [0.2, 0.25) is 0 Å². The standard InChI is InChI=1S/C14H10BrClN2O3/c1-8-7-9(18(20)21)5-6-10(8)14(19)17-12-4-2-3-11(16)13(12)15/h2-7H,1H3,(H,17,19). The molecule has 0 heterocycles. The Morgan fingerprint density at radius 2 is 2.05 bits per heavy atom. The average Bonchev–Trinajstić information content (AvgIpc) is 2.43. The summed E-state index contributed by atoms with van der Waals surface area (Å²) in [4.78, 5) is 22.4. The third kappa shape index (κ3) is 3.40. The van der Waals surface area contributed by atoms with Crippen molar-refractivity contribution in [2.24, 2.45) is 0 Å². The van der Waals surface area contributed by atoms with Crippen LogP contribution in [0.25, 0.3) is 0 Å². The molecule has 7 heteroatoms. The lowest BCUT2D eigenvalue weighted by molar-refractivity contribution is -0.384. The molecule has 0 spiro atoms. The van der Waals surface area contributed by atoms with Crippen LogP contribution in [0.4, 0.5) is 11.4 Å². The van der Waals surface area contributed by atoms with Crippen LogP contribution in [0.5, 0.6) is 0 Å². The van der Waals surface area contributed by atoms with Gasteiger partial charge in [0.1, 0.15) is 0 Å². The molecule has 1 amide bonds. The number of hydrogen-bond donors (Lipinski definition) is 1. The van der Waals surface area contributed by atoms with Crippen LogP contribution in [-0.4, -0.2) is 10.8 Å². The average molecular weight is 370 g/mol. The molecule has 0 saturated heterocycles. The zero-order valence-electron chi connectivity index (χ0n) is 10.9. The number of rotatable bonds is 3. The molecule has 0 unspecified atom stereocenters. The zero-order valence-corrected chi connectivity index (χ0v) is 13.2. The van der Waals surface area contributed by atoms with E-state index in [0.717, 1.165) is 0 Å². The van der Waals surface area contributed by atoms with E-state index in [4.69, 9.17) is 11.6 Å². The molecule has 21 heavy (non-hydrogen) atoms. The van der Waals surface area contributed by atoms with Gasteiger partial charge in [0.15, 0.2) is 0 Å². The first-order valence-electron chi connectivity index (χ1n) is 5.90. The molecule has 2 rings (SSSR count). The van der Waals surface area contributed by atoms with Crippen LogP contribution in [0.3, 0.4) is 0 Å². The van der Waals surface area contributed by atoms with Crippen molar-refractivity contribution in [2.75, 3.05) is 5.32 Å². The summed E-state index contributed by atoms with van der Waals surface area (Å²) in [5.74, 6) is -0.356. The van der Waals surface area contributed by atoms with E-state index in [-0.39, 0.29) is 11.6 Å². The van der Waals surface area contributed by atoms with Crippen LogP contribution in [0.15, 0.2) is 40.9 Å². The highest BCUT2D eigenvalue weighted by Crippen LogP contribution is 2.30. The van der Waals surface area contributed by atoms with Gasteiger partial charge < -0.3 is 5.32 Å². The lowest BCUT2D eigenvalue weighted by atomic mass is 10.1. The van der Waals surface area contributed by atoms with Crippen LogP contribution in [0.2, 0.25) is 5.02 Å². The monoisotopic (exact) mass is 368 g/mol. The van der Waals surface area contributed by atoms with E-state index in [0.29, 0.717) is 26.3 Å². The number of amides is 1. The van der Waals surface area contributed by atoms with Gasteiger partial charge in [-0.05, 0) is 46.6 Å². The van der Waals surface area contributed by atoms with Gasteiger partial charge in [0, 0.05) is 17.7 Å². The number of aryl methyl sites for hydroxylation is 1. The molecule has 2 aromatic rings. The van der Waals surface area contributed by atoms with Gasteiger partial charge in [0.25, 0.3) is 11.6 Å². The van der Waals surface area contributed by atoms with Gasteiger partial charge in [-0.25, -0.2) is 0 Å². The zero-order chi connectivity index (χ0) is 15.6. The Bertz CT molecular complexity index is 734. The van der Waals surface area contributed by atoms with E-state index >= 15 is 0 Å². The summed E-state index contributed by atoms with van der Waals surface area (Å²) in [5.41, 5.74) is 1.38. The van der Waals surface area contributed by atoms with Crippen molar-refractivity contribution in [3.05, 3.63) is 67.1 Å². The number of nitrogens with one attached hydrogen (secondary N) is 1. The summed E-state index contributed by atoms with van der Waals surface area (Å²) in [6.07, 6.45) is 0. The van der Waals surface area contributed by atoms with Gasteiger partial charge in [-0.1, -0.05) is 17.7 Å². The third-order valence-corrected chi connectivity index (χ3v) is 4.26. The summed E-state index contributed by atoms with van der Waals surface area (Å²) < 4.78 is 0.583. The lowest BCUT2D eigenvalue weighted by Gasteiger charge is -2.10. The quantitative estimate of drug-likeness (QED) is 0.636. The fourth-order valence-electron chi connectivity index (χ4n) is 1.81. The van der Waals surface area contributed by atoms with Crippen LogP contribution >= 0.6 is 27.5 Å². The molecule has 0 aliphatic heterocycles. The van der Waals surface area contributed by atoms with Gasteiger partial charge in [-0.15, -0.1) is 0 Å². The molecule has 5 nitrogen and oxygen atoms in total. The number of benzene rings is 2. The Morgan fingerprint density at radius 1 is 1.33 bits per heavy atom. The number of nitro benzene ring substituents is 1. The van der Waals surface area contributed by atoms with Crippen LogP contribution in [0.1, 0.15) is 15.9 Å². The molecule has 2 aromatic carbocycles. The molecule has 0 bridgehead atoms. The maximum Gasteiger partial charge on any atom is 0.269 e. The predicted molar refractivity (Wildman–Crippen MR) is 84.9 cm³/mol. The number of carbonyl (C=O) groups excluding carboxylic acids is 1. The Morgan fingerprint density at radius 3 is 2.67 bits per heavy atom. The van der Waals surface area contributed by atoms with Crippen LogP contribution in [-0.2, 0) is 0 Å². The number of halogens is 2. The van der Waals surface area contributed by atoms with Gasteiger partial charge in [-0.3, -0.25) is 14.9 Å². The van der Waals surface area contributed by atoms with E-state index in [1.807, 2.05) is 0 Å². The van der Waals surface area contributed by atoms with E-state index in [2.05, 4.69) is 21.2 Å². The Labute approximate surface area is 134 Å². The van der Waals surface area contributed by atoms with Gasteiger partial charge >= 0.3 is 0 Å². The largest absolute Gasteiger partial charge is 0.321 e. The van der Waals surface area contributed by atoms with Crippen LogP contribution < -0.4 is 5.32 Å². The minimum Gasteiger partial charge on any atom is -0.321 e. The maximum absolute atomic E-state index is 12.2. The molecular weight excluding hydrogens is 360 g/mol. The highest BCUT2D eigenvalue weighted by Gasteiger charge is 2.15. The minimum absolute atomic E-state index is 0.0482. The second kappa shape index (κ2) is 6.24. The number of nitro groups is 1. The molecule has 0 aliphatic rings.